The third-order valence-corrected chi connectivity index (χ3v) is 5.99. The van der Waals surface area contributed by atoms with Gasteiger partial charge in [-0.3, -0.25) is 9.59 Å². The number of fused-ring (bicyclic) bond motifs is 5. The van der Waals surface area contributed by atoms with Gasteiger partial charge in [0.15, 0.2) is 0 Å². The molecule has 0 radical (unpaired) electrons. The average molecular weight is 316 g/mol. The minimum absolute atomic E-state index is 0.0451. The molecule has 118 valence electrons. The van der Waals surface area contributed by atoms with Crippen molar-refractivity contribution in [2.24, 2.45) is 23.7 Å². The molecule has 3 aliphatic rings. The highest BCUT2D eigenvalue weighted by Crippen LogP contribution is 2.65. The average Bonchev–Trinajstić information content (AvgIpc) is 3.24. The number of carbonyl (C=O) groups is 2. The van der Waals surface area contributed by atoms with Crippen LogP contribution in [-0.2, 0) is 19.7 Å². The first-order chi connectivity index (χ1) is 11.7. The molecule has 0 amide bonds. The van der Waals surface area contributed by atoms with Crippen LogP contribution in [0.5, 0.6) is 0 Å². The van der Waals surface area contributed by atoms with Gasteiger partial charge in [0.1, 0.15) is 0 Å². The molecule has 24 heavy (non-hydrogen) atoms. The van der Waals surface area contributed by atoms with Gasteiger partial charge in [0.25, 0.3) is 0 Å². The van der Waals surface area contributed by atoms with Crippen molar-refractivity contribution in [3.63, 3.8) is 0 Å². The highest BCUT2D eigenvalue weighted by atomic mass is 16.6. The maximum Gasteiger partial charge on any atom is 0.318 e. The Hall–Kier alpha value is -2.68. The van der Waals surface area contributed by atoms with Crippen LogP contribution in [0.3, 0.4) is 0 Å². The van der Waals surface area contributed by atoms with Gasteiger partial charge in [-0.15, -0.1) is 0 Å². The van der Waals surface area contributed by atoms with E-state index >= 15 is 0 Å². The van der Waals surface area contributed by atoms with E-state index in [4.69, 9.17) is 4.74 Å². The highest BCUT2D eigenvalue weighted by molar-refractivity contribution is 5.99. The van der Waals surface area contributed by atoms with Crippen molar-refractivity contribution in [3.8, 4) is 0 Å². The number of allylic oxidation sites excluding steroid dienone is 2. The lowest BCUT2D eigenvalue weighted by Crippen LogP contribution is -2.37. The summed E-state index contributed by atoms with van der Waals surface area (Å²) in [6.45, 7) is 0. The third kappa shape index (κ3) is 1.47. The van der Waals surface area contributed by atoms with Gasteiger partial charge in [0, 0.05) is 17.3 Å². The van der Waals surface area contributed by atoms with Crippen molar-refractivity contribution in [1.82, 2.24) is 0 Å². The van der Waals surface area contributed by atoms with Gasteiger partial charge in [-0.25, -0.2) is 0 Å². The Balaban J connectivity index is 1.79. The molecule has 2 aromatic carbocycles. The Morgan fingerprint density at radius 3 is 1.50 bits per heavy atom. The molecule has 3 nitrogen and oxygen atoms in total. The first-order valence-corrected chi connectivity index (χ1v) is 8.29. The number of cyclic esters (lactones) is 2. The molecule has 4 atom stereocenters. The van der Waals surface area contributed by atoms with Crippen LogP contribution in [0.4, 0.5) is 0 Å². The molecule has 2 aliphatic carbocycles. The topological polar surface area (TPSA) is 43.4 Å². The first kappa shape index (κ1) is 13.7. The van der Waals surface area contributed by atoms with Crippen LogP contribution in [0, 0.1) is 23.7 Å². The molecule has 1 aliphatic heterocycles. The lowest BCUT2D eigenvalue weighted by Gasteiger charge is -2.37. The van der Waals surface area contributed by atoms with Crippen molar-refractivity contribution in [1.29, 1.82) is 0 Å². The smallest absolute Gasteiger partial charge is 0.318 e. The number of carbonyl (C=O) groups excluding carboxylic acids is 2. The number of hydrogen-bond donors (Lipinski definition) is 0. The predicted octanol–water partition coefficient (Wildman–Crippen LogP) is 3.10. The second kappa shape index (κ2) is 4.67. The fraction of sp³-hybridized carbons (Fsp3) is 0.238. The monoisotopic (exact) mass is 316 g/mol. The fourth-order valence-corrected chi connectivity index (χ4v) is 5.20. The Kier molecular flexibility index (Phi) is 2.67. The largest absolute Gasteiger partial charge is 0.393 e. The van der Waals surface area contributed by atoms with Crippen LogP contribution < -0.4 is 0 Å². The zero-order valence-electron chi connectivity index (χ0n) is 13.0. The van der Waals surface area contributed by atoms with Gasteiger partial charge in [0.05, 0.1) is 11.8 Å². The molecule has 0 spiro atoms. The van der Waals surface area contributed by atoms with E-state index < -0.39 is 0 Å². The van der Waals surface area contributed by atoms with E-state index in [-0.39, 0.29) is 41.0 Å². The van der Waals surface area contributed by atoms with E-state index in [1.807, 2.05) is 36.4 Å². The van der Waals surface area contributed by atoms with Gasteiger partial charge in [-0.05, 0) is 11.1 Å². The SMILES string of the molecule is O=C1OC(=O)[C@H]2[C@H]1[C@H]1C=C[C@H]2C1(c1ccccc1)c1ccccc1. The summed E-state index contributed by atoms with van der Waals surface area (Å²) < 4.78 is 4.96. The molecule has 0 N–H and O–H groups in total. The molecule has 0 unspecified atom stereocenters. The molecular weight excluding hydrogens is 300 g/mol. The molecular formula is C21H16O3. The van der Waals surface area contributed by atoms with E-state index in [0.717, 1.165) is 11.1 Å². The zero-order chi connectivity index (χ0) is 16.3. The highest BCUT2D eigenvalue weighted by Gasteiger charge is 2.70. The molecule has 5 rings (SSSR count). The van der Waals surface area contributed by atoms with E-state index in [0.29, 0.717) is 0 Å². The Labute approximate surface area is 140 Å². The normalized spacial score (nSPS) is 32.0. The van der Waals surface area contributed by atoms with E-state index in [1.54, 1.807) is 0 Å². The van der Waals surface area contributed by atoms with Crippen molar-refractivity contribution < 1.29 is 14.3 Å². The lowest BCUT2D eigenvalue weighted by molar-refractivity contribution is -0.155. The van der Waals surface area contributed by atoms with Crippen molar-refractivity contribution in [2.45, 2.75) is 5.41 Å². The number of benzene rings is 2. The molecule has 2 aromatic rings. The van der Waals surface area contributed by atoms with E-state index in [1.165, 1.54) is 0 Å². The summed E-state index contributed by atoms with van der Waals surface area (Å²) in [6, 6.07) is 20.5. The van der Waals surface area contributed by atoms with Gasteiger partial charge >= 0.3 is 11.9 Å². The van der Waals surface area contributed by atoms with E-state index in [2.05, 4.69) is 36.4 Å². The van der Waals surface area contributed by atoms with Crippen LogP contribution in [0.2, 0.25) is 0 Å². The summed E-state index contributed by atoms with van der Waals surface area (Å²) in [5, 5.41) is 0. The third-order valence-electron chi connectivity index (χ3n) is 5.99. The summed E-state index contributed by atoms with van der Waals surface area (Å²) in [5.41, 5.74) is 1.95. The molecule has 1 saturated carbocycles. The second-order valence-corrected chi connectivity index (χ2v) is 6.83. The van der Waals surface area contributed by atoms with Crippen molar-refractivity contribution in [2.75, 3.05) is 0 Å². The molecule has 3 heteroatoms. The van der Waals surface area contributed by atoms with Crippen molar-refractivity contribution in [3.05, 3.63) is 83.9 Å². The number of rotatable bonds is 2. The van der Waals surface area contributed by atoms with Gasteiger partial charge in [-0.1, -0.05) is 72.8 Å². The summed E-state index contributed by atoms with van der Waals surface area (Å²) >= 11 is 0. The van der Waals surface area contributed by atoms with E-state index in [9.17, 15) is 9.59 Å². The van der Waals surface area contributed by atoms with Crippen LogP contribution in [0.15, 0.2) is 72.8 Å². The molecule has 2 bridgehead atoms. The van der Waals surface area contributed by atoms with Gasteiger partial charge in [0.2, 0.25) is 0 Å². The van der Waals surface area contributed by atoms with Crippen LogP contribution >= 0.6 is 0 Å². The van der Waals surface area contributed by atoms with Crippen LogP contribution in [0.1, 0.15) is 11.1 Å². The summed E-state index contributed by atoms with van der Waals surface area (Å²) in [4.78, 5) is 24.7. The summed E-state index contributed by atoms with van der Waals surface area (Å²) in [7, 11) is 0. The summed E-state index contributed by atoms with van der Waals surface area (Å²) in [5.74, 6) is -1.55. The molecule has 2 fully saturated rings. The lowest BCUT2D eigenvalue weighted by atomic mass is 9.65. The second-order valence-electron chi connectivity index (χ2n) is 6.83. The summed E-state index contributed by atoms with van der Waals surface area (Å²) in [6.07, 6.45) is 4.23. The van der Waals surface area contributed by atoms with Crippen LogP contribution in [0.25, 0.3) is 0 Å². The fourth-order valence-electron chi connectivity index (χ4n) is 5.20. The van der Waals surface area contributed by atoms with Crippen LogP contribution in [-0.4, -0.2) is 11.9 Å². The van der Waals surface area contributed by atoms with Crippen molar-refractivity contribution >= 4 is 11.9 Å². The standard InChI is InChI=1S/C21H16O3/c22-19-17-15-11-12-16(18(17)20(23)24-19)21(15,13-7-3-1-4-8-13)14-9-5-2-6-10-14/h1-12,15-18H/t15-,16-,17-,18-/m1/s1. The predicted molar refractivity (Wildman–Crippen MR) is 87.9 cm³/mol. The number of esters is 2. The molecule has 1 saturated heterocycles. The minimum atomic E-state index is -0.368. The Morgan fingerprint density at radius 2 is 1.08 bits per heavy atom. The quantitative estimate of drug-likeness (QED) is 0.486. The molecule has 0 aromatic heterocycles. The minimum Gasteiger partial charge on any atom is -0.393 e. The maximum atomic E-state index is 12.3. The first-order valence-electron chi connectivity index (χ1n) is 8.29. The Bertz CT molecular complexity index is 782. The zero-order valence-corrected chi connectivity index (χ0v) is 13.0. The van der Waals surface area contributed by atoms with Gasteiger partial charge < -0.3 is 4.74 Å². The number of hydrogen-bond acceptors (Lipinski definition) is 3. The Morgan fingerprint density at radius 1 is 0.667 bits per heavy atom. The maximum absolute atomic E-state index is 12.3. The van der Waals surface area contributed by atoms with Gasteiger partial charge in [-0.2, -0.15) is 0 Å². The molecule has 1 heterocycles. The number of ether oxygens (including phenoxy) is 1.